The highest BCUT2D eigenvalue weighted by atomic mass is 32.2. The first kappa shape index (κ1) is 79.9. The van der Waals surface area contributed by atoms with Crippen molar-refractivity contribution in [2.24, 2.45) is 33.8 Å². The maximum atomic E-state index is 11.7. The fourth-order valence-corrected chi connectivity index (χ4v) is 18.2. The van der Waals surface area contributed by atoms with Crippen LogP contribution < -0.4 is 67.2 Å². The predicted octanol–water partition coefficient (Wildman–Crippen LogP) is 10.8. The Morgan fingerprint density at radius 2 is 0.723 bits per heavy atom. The lowest BCUT2D eigenvalue weighted by Gasteiger charge is -2.04. The third-order valence-electron chi connectivity index (χ3n) is 16.7. The van der Waals surface area contributed by atoms with Crippen molar-refractivity contribution in [1.29, 1.82) is 5.26 Å². The Morgan fingerprint density at radius 3 is 1.02 bits per heavy atom. The molecule has 0 aliphatic rings. The van der Waals surface area contributed by atoms with Crippen molar-refractivity contribution >= 4 is 186 Å². The number of sulfonamides is 1. The summed E-state index contributed by atoms with van der Waals surface area (Å²) in [7, 11) is -7.10. The molecule has 10 heterocycles. The zero-order valence-electron chi connectivity index (χ0n) is 58.5. The molecule has 0 saturated carbocycles. The van der Waals surface area contributed by atoms with Gasteiger partial charge >= 0.3 is 0 Å². The van der Waals surface area contributed by atoms with Gasteiger partial charge in [-0.2, -0.15) is 5.26 Å². The van der Waals surface area contributed by atoms with E-state index in [0.29, 0.717) is 83.4 Å². The fraction of sp³-hybridized carbons (Fsp3) is 0.0658. The zero-order valence-corrected chi connectivity index (χ0v) is 64.2. The van der Waals surface area contributed by atoms with Crippen molar-refractivity contribution in [1.82, 2.24) is 24.9 Å². The van der Waals surface area contributed by atoms with Crippen LogP contribution in [0.4, 0.5) is 29.1 Å². The van der Waals surface area contributed by atoms with Crippen LogP contribution >= 0.6 is 56.7 Å². The predicted molar refractivity (Wildman–Crippen MR) is 443 cm³/mol. The van der Waals surface area contributed by atoms with E-state index in [2.05, 4.69) is 31.0 Å². The minimum Gasteiger partial charge on any atom is -0.508 e. The van der Waals surface area contributed by atoms with Gasteiger partial charge < -0.3 is 72.3 Å². The number of primary amides is 5. The fourth-order valence-electron chi connectivity index (χ4n) is 11.1. The monoisotopic (exact) mass is 1630 g/mol. The number of pyridine rings is 5. The number of aliphatic hydroxyl groups excluding tert-OH is 1. The van der Waals surface area contributed by atoms with E-state index in [4.69, 9.17) is 77.6 Å². The Labute approximate surface area is 657 Å². The number of aromatic nitrogens is 5. The second-order valence-corrected chi connectivity index (χ2v) is 33.1. The number of fused-ring (bicyclic) bond motifs is 5. The van der Waals surface area contributed by atoms with Gasteiger partial charge in [0.25, 0.3) is 29.5 Å². The van der Waals surface area contributed by atoms with Gasteiger partial charge in [0.15, 0.2) is 9.84 Å². The summed E-state index contributed by atoms with van der Waals surface area (Å²) < 4.78 is 55.2. The van der Waals surface area contributed by atoms with E-state index >= 15 is 0 Å². The number of aryl methyl sites for hydroxylation is 1. The number of amides is 5. The lowest BCUT2D eigenvalue weighted by atomic mass is 10.1. The Kier molecular flexibility index (Phi) is 24.1. The second kappa shape index (κ2) is 33.8. The zero-order chi connectivity index (χ0) is 80.6. The van der Waals surface area contributed by atoms with Crippen LogP contribution in [0.5, 0.6) is 11.5 Å². The number of hydrogen-bond donors (Lipinski definition) is 13. The number of thiophene rings is 5. The summed E-state index contributed by atoms with van der Waals surface area (Å²) in [4.78, 5) is 82.2. The lowest BCUT2D eigenvalue weighted by molar-refractivity contribution is 0.0993. The van der Waals surface area contributed by atoms with Crippen LogP contribution in [0.2, 0.25) is 0 Å². The number of aromatic hydroxyl groups is 1. The average molecular weight is 1630 g/mol. The summed E-state index contributed by atoms with van der Waals surface area (Å²) in [5.74, 6) is -0.165. The molecule has 0 atom stereocenters. The normalized spacial score (nSPS) is 11.1. The largest absolute Gasteiger partial charge is 0.508 e. The van der Waals surface area contributed by atoms with E-state index in [1.807, 2.05) is 66.7 Å². The number of benzene rings is 5. The van der Waals surface area contributed by atoms with Crippen molar-refractivity contribution in [3.8, 4) is 69.8 Å². The van der Waals surface area contributed by atoms with E-state index < -0.39 is 49.4 Å². The molecule has 24 N–H and O–H groups in total. The Balaban J connectivity index is 0.000000139. The molecule has 29 nitrogen and oxygen atoms in total. The number of phenols is 1. The number of anilines is 5. The number of phenolic OH excluding ortho intramolecular Hbond substituents is 1. The van der Waals surface area contributed by atoms with Gasteiger partial charge in [0, 0.05) is 95.0 Å². The molecular formula is C76H65N17O12S7. The highest BCUT2D eigenvalue weighted by molar-refractivity contribution is 7.90. The summed E-state index contributed by atoms with van der Waals surface area (Å²) in [5.41, 5.74) is 63.3. The van der Waals surface area contributed by atoms with Crippen LogP contribution in [0.3, 0.4) is 0 Å². The molecule has 5 amide bonds. The maximum Gasteiger partial charge on any atom is 0.251 e. The number of hydrogen-bond acceptors (Lipinski definition) is 28. The van der Waals surface area contributed by atoms with Gasteiger partial charge in [0.05, 0.1) is 73.8 Å². The SMILES string of the molecule is CS(=O)(=O)c1cccc(-c2cc3c(N)ncc(C(N)=O)c3s2)c1.N#CCCc1ccc(-c2cc3c(N)ncc(C(N)=O)c3s2)cc1.NC(=O)c1cnc(N)c2cc(-c3ccc(O)cc3)sc12.NC(=O)c1cnc(N)c2cc(-c3ccc(OCCO)cc3)sc12.NC(=O)c1cnc(N)c2cc(-c3cccc(S(N)(=O)=O)c3)sc12. The molecule has 0 bridgehead atoms. The number of rotatable bonds is 17. The highest BCUT2D eigenvalue weighted by Gasteiger charge is 2.22. The number of nitrogen functional groups attached to an aromatic ring is 5. The molecule has 0 saturated heterocycles. The number of primary sulfonamides is 1. The molecule has 10 aromatic heterocycles. The summed E-state index contributed by atoms with van der Waals surface area (Å²) >= 11 is 6.94. The number of carbonyl (C=O) groups excluding carboxylic acids is 5. The first-order valence-electron chi connectivity index (χ1n) is 32.7. The molecule has 112 heavy (non-hydrogen) atoms. The molecular weight excluding hydrogens is 1570 g/mol. The van der Waals surface area contributed by atoms with Gasteiger partial charge in [0.2, 0.25) is 10.0 Å². The number of nitrogens with zero attached hydrogens (tertiary/aromatic N) is 6. The lowest BCUT2D eigenvalue weighted by Crippen LogP contribution is -2.11. The average Bonchev–Trinajstić information content (AvgIpc) is 1.68. The van der Waals surface area contributed by atoms with Crippen molar-refractivity contribution in [3.63, 3.8) is 0 Å². The van der Waals surface area contributed by atoms with Crippen LogP contribution in [0.25, 0.3) is 103 Å². The van der Waals surface area contributed by atoms with E-state index in [-0.39, 0.29) is 40.1 Å². The minimum atomic E-state index is -3.80. The summed E-state index contributed by atoms with van der Waals surface area (Å²) in [6.07, 6.45) is 9.32. The quantitative estimate of drug-likeness (QED) is 0.0403. The van der Waals surface area contributed by atoms with Crippen molar-refractivity contribution < 1.29 is 55.8 Å². The molecule has 0 unspecified atom stereocenters. The van der Waals surface area contributed by atoms with Crippen LogP contribution in [-0.2, 0) is 26.3 Å². The topological polar surface area (TPSA) is 578 Å². The molecule has 36 heteroatoms. The van der Waals surface area contributed by atoms with Crippen LogP contribution in [0, 0.1) is 11.3 Å². The highest BCUT2D eigenvalue weighted by Crippen LogP contribution is 2.43. The first-order chi connectivity index (χ1) is 53.3. The van der Waals surface area contributed by atoms with Gasteiger partial charge in [-0.1, -0.05) is 48.5 Å². The molecule has 15 rings (SSSR count). The van der Waals surface area contributed by atoms with E-state index in [0.717, 1.165) is 95.1 Å². The summed E-state index contributed by atoms with van der Waals surface area (Å²) in [6.45, 7) is 0.229. The number of carbonyl (C=O) groups is 5. The molecule has 15 aromatic rings. The number of nitrogens with two attached hydrogens (primary N) is 11. The van der Waals surface area contributed by atoms with Crippen LogP contribution in [-0.4, -0.2) is 101 Å². The molecule has 0 radical (unpaired) electrons. The maximum absolute atomic E-state index is 11.7. The molecule has 0 fully saturated rings. The Hall–Kier alpha value is -13.1. The third-order valence-corrected chi connectivity index (χ3v) is 24.8. The molecule has 568 valence electrons. The third kappa shape index (κ3) is 18.1. The van der Waals surface area contributed by atoms with Gasteiger partial charge in [-0.3, -0.25) is 24.0 Å². The molecule has 0 aliphatic heterocycles. The van der Waals surface area contributed by atoms with Crippen molar-refractivity contribution in [3.05, 3.63) is 216 Å². The molecule has 0 spiro atoms. The molecule has 5 aromatic carbocycles. The van der Waals surface area contributed by atoms with Gasteiger partial charge in [-0.25, -0.2) is 46.9 Å². The standard InChI is InChI=1S/C17H14N4OS.C16H15N3O3S.C15H13N3O3S2.C14H12N4O3S2.C14H11N3O2S/c18-7-1-2-10-3-5-11(6-4-10)14-8-12-15(23-14)13(17(20)22)9-21-16(12)19;17-15-11-7-13(23-14(11)12(8-19-15)16(18)21)9-1-3-10(4-2-9)22-6-5-20;1-23(20,21)9-4-2-3-8(5-9)12-6-10-13(22-12)11(15(17)19)7-18-14(10)16;15-13-9-5-11(22-12(9)10(6-18-13)14(16)19)7-2-1-3-8(4-7)23(17,20)21;15-13-9-5-11(7-1-3-8(18)4-2-7)20-12(9)10(6-17-13)14(16)19/h3-6,8-9H,1-2H2,(H2,19,21)(H2,20,22);1-4,7-8,20H,5-6H2,(H2,17,19)(H2,18,21);2-7H,1H3,(H2,16,18)(H2,17,19);1-6H,(H2,15,18)(H2,16,19)(H2,17,20,21);1-6,18H,(H2,15,17)(H2,16,19). The summed E-state index contributed by atoms with van der Waals surface area (Å²) in [5, 5.41) is 35.3. The van der Waals surface area contributed by atoms with E-state index in [1.165, 1.54) is 106 Å². The first-order valence-corrected chi connectivity index (χ1v) is 40.2. The van der Waals surface area contributed by atoms with Crippen LogP contribution in [0.15, 0.2) is 192 Å². The minimum absolute atomic E-state index is 0.00803. The Bertz CT molecular complexity index is 6310. The Morgan fingerprint density at radius 1 is 0.429 bits per heavy atom. The number of sulfone groups is 1. The van der Waals surface area contributed by atoms with Crippen LogP contribution in [0.1, 0.15) is 63.8 Å². The van der Waals surface area contributed by atoms with E-state index in [9.17, 15) is 45.9 Å². The van der Waals surface area contributed by atoms with Gasteiger partial charge in [-0.05, 0) is 143 Å². The van der Waals surface area contributed by atoms with Gasteiger partial charge in [0.1, 0.15) is 47.2 Å². The van der Waals surface area contributed by atoms with Crippen molar-refractivity contribution in [2.45, 2.75) is 22.6 Å². The number of nitriles is 1. The smallest absolute Gasteiger partial charge is 0.251 e. The molecule has 0 aliphatic carbocycles. The second-order valence-electron chi connectivity index (χ2n) is 24.2. The van der Waals surface area contributed by atoms with Gasteiger partial charge in [-0.15, -0.1) is 56.7 Å². The number of ether oxygens (including phenoxy) is 1. The van der Waals surface area contributed by atoms with E-state index in [1.54, 1.807) is 66.7 Å². The summed E-state index contributed by atoms with van der Waals surface area (Å²) in [6, 6.07) is 46.5. The van der Waals surface area contributed by atoms with Crippen molar-refractivity contribution in [2.75, 3.05) is 48.1 Å². The number of aliphatic hydroxyl groups is 1.